The average molecular weight is 441 g/mol. The summed E-state index contributed by atoms with van der Waals surface area (Å²) < 4.78 is 5.66. The van der Waals surface area contributed by atoms with Gasteiger partial charge in [-0.3, -0.25) is 9.98 Å². The Bertz CT molecular complexity index is 621. The predicted molar refractivity (Wildman–Crippen MR) is 107 cm³/mol. The Labute approximate surface area is 160 Å². The number of ether oxygens (including phenoxy) is 1. The third kappa shape index (κ3) is 6.69. The maximum absolute atomic E-state index is 5.66. The van der Waals surface area contributed by atoms with Gasteiger partial charge >= 0.3 is 0 Å². The van der Waals surface area contributed by atoms with E-state index < -0.39 is 0 Å². The molecule has 0 fully saturated rings. The van der Waals surface area contributed by atoms with E-state index in [0.29, 0.717) is 31.5 Å². The zero-order chi connectivity index (χ0) is 16.3. The number of hydrogen-bond acceptors (Lipinski definition) is 4. The van der Waals surface area contributed by atoms with Gasteiger partial charge in [0.25, 0.3) is 0 Å². The summed E-state index contributed by atoms with van der Waals surface area (Å²) in [7, 11) is 1.74. The van der Waals surface area contributed by atoms with Crippen LogP contribution in [-0.2, 0) is 13.1 Å². The van der Waals surface area contributed by atoms with Gasteiger partial charge in [0, 0.05) is 31.5 Å². The lowest BCUT2D eigenvalue weighted by Gasteiger charge is -2.13. The lowest BCUT2D eigenvalue weighted by atomic mass is 10.2. The molecular formula is C17H24IN5O. The molecule has 0 aromatic carbocycles. The molecule has 0 bridgehead atoms. The van der Waals surface area contributed by atoms with E-state index in [9.17, 15) is 0 Å². The summed E-state index contributed by atoms with van der Waals surface area (Å²) in [5.41, 5.74) is 1.96. The Morgan fingerprint density at radius 2 is 1.88 bits per heavy atom. The van der Waals surface area contributed by atoms with Gasteiger partial charge in [-0.05, 0) is 24.6 Å². The summed E-state index contributed by atoms with van der Waals surface area (Å²) in [6, 6.07) is 9.74. The van der Waals surface area contributed by atoms with E-state index >= 15 is 0 Å². The average Bonchev–Trinajstić information content (AvgIpc) is 2.61. The topological polar surface area (TPSA) is 71.4 Å². The third-order valence-corrected chi connectivity index (χ3v) is 3.13. The van der Waals surface area contributed by atoms with Gasteiger partial charge in [-0.25, -0.2) is 4.98 Å². The van der Waals surface area contributed by atoms with Gasteiger partial charge in [-0.15, -0.1) is 24.0 Å². The van der Waals surface area contributed by atoms with Gasteiger partial charge in [0.2, 0.25) is 5.88 Å². The third-order valence-electron chi connectivity index (χ3n) is 3.13. The minimum absolute atomic E-state index is 0. The molecule has 6 nitrogen and oxygen atoms in total. The highest BCUT2D eigenvalue weighted by molar-refractivity contribution is 14.0. The molecule has 0 radical (unpaired) electrons. The van der Waals surface area contributed by atoms with Crippen LogP contribution in [0, 0.1) is 0 Å². The fraction of sp³-hybridized carbons (Fsp3) is 0.353. The van der Waals surface area contributed by atoms with Gasteiger partial charge in [-0.1, -0.05) is 19.1 Å². The van der Waals surface area contributed by atoms with Crippen LogP contribution >= 0.6 is 24.0 Å². The zero-order valence-corrected chi connectivity index (χ0v) is 16.4. The van der Waals surface area contributed by atoms with Gasteiger partial charge in [0.05, 0.1) is 18.8 Å². The molecule has 0 spiro atoms. The molecule has 0 aliphatic heterocycles. The van der Waals surface area contributed by atoms with E-state index in [0.717, 1.165) is 17.7 Å². The van der Waals surface area contributed by atoms with E-state index in [4.69, 9.17) is 4.74 Å². The summed E-state index contributed by atoms with van der Waals surface area (Å²) in [6.07, 6.45) is 4.47. The Hall–Kier alpha value is -1.90. The van der Waals surface area contributed by atoms with Crippen LogP contribution in [0.5, 0.6) is 5.88 Å². The Balaban J connectivity index is 0.00000288. The summed E-state index contributed by atoms with van der Waals surface area (Å²) >= 11 is 0. The first-order valence-corrected chi connectivity index (χ1v) is 7.74. The van der Waals surface area contributed by atoms with E-state index in [-0.39, 0.29) is 24.0 Å². The molecule has 2 aromatic rings. The second kappa shape index (κ2) is 11.6. The van der Waals surface area contributed by atoms with Crippen LogP contribution in [0.3, 0.4) is 0 Å². The maximum Gasteiger partial charge on any atom is 0.218 e. The van der Waals surface area contributed by atoms with Gasteiger partial charge in [-0.2, -0.15) is 0 Å². The van der Waals surface area contributed by atoms with Crippen molar-refractivity contribution < 1.29 is 4.74 Å². The largest absolute Gasteiger partial charge is 0.477 e. The number of aliphatic imine (C=N–C) groups is 1. The van der Waals surface area contributed by atoms with Crippen molar-refractivity contribution in [1.82, 2.24) is 20.6 Å². The van der Waals surface area contributed by atoms with Gasteiger partial charge in [0.15, 0.2) is 5.96 Å². The van der Waals surface area contributed by atoms with Crippen molar-refractivity contribution in [2.24, 2.45) is 4.99 Å². The lowest BCUT2D eigenvalue weighted by Crippen LogP contribution is -2.36. The number of nitrogens with zero attached hydrogens (tertiary/aromatic N) is 3. The summed E-state index contributed by atoms with van der Waals surface area (Å²) in [5.74, 6) is 1.38. The molecule has 0 aliphatic rings. The second-order valence-electron chi connectivity index (χ2n) is 4.92. The van der Waals surface area contributed by atoms with Crippen LogP contribution in [0.25, 0.3) is 0 Å². The van der Waals surface area contributed by atoms with Crippen LogP contribution in [0.2, 0.25) is 0 Å². The molecule has 0 aliphatic carbocycles. The van der Waals surface area contributed by atoms with E-state index in [1.807, 2.05) is 30.3 Å². The SMILES string of the molecule is CCCOc1ncccc1CNC(=NC)NCc1ccccn1.I. The standard InChI is InChI=1S/C17H23N5O.HI/c1-3-11-23-16-14(7-6-10-20-16)12-21-17(18-2)22-13-15-8-4-5-9-19-15;/h4-10H,3,11-13H2,1-2H3,(H2,18,21,22);1H. The van der Waals surface area contributed by atoms with Crippen LogP contribution in [0.1, 0.15) is 24.6 Å². The smallest absolute Gasteiger partial charge is 0.218 e. The van der Waals surface area contributed by atoms with E-state index in [1.54, 1.807) is 19.4 Å². The second-order valence-corrected chi connectivity index (χ2v) is 4.92. The van der Waals surface area contributed by atoms with Gasteiger partial charge in [0.1, 0.15) is 0 Å². The molecule has 0 unspecified atom stereocenters. The normalized spacial score (nSPS) is 10.7. The monoisotopic (exact) mass is 441 g/mol. The molecule has 0 saturated carbocycles. The Morgan fingerprint density at radius 1 is 1.08 bits per heavy atom. The van der Waals surface area contributed by atoms with Crippen LogP contribution in [0.4, 0.5) is 0 Å². The minimum Gasteiger partial charge on any atom is -0.477 e. The first kappa shape index (κ1) is 20.1. The van der Waals surface area contributed by atoms with Crippen LogP contribution < -0.4 is 15.4 Å². The fourth-order valence-electron chi connectivity index (χ4n) is 1.96. The van der Waals surface area contributed by atoms with Crippen molar-refractivity contribution in [2.45, 2.75) is 26.4 Å². The minimum atomic E-state index is 0. The lowest BCUT2D eigenvalue weighted by molar-refractivity contribution is 0.301. The molecule has 0 saturated heterocycles. The van der Waals surface area contributed by atoms with Gasteiger partial charge < -0.3 is 15.4 Å². The molecule has 0 amide bonds. The van der Waals surface area contributed by atoms with E-state index in [2.05, 4.69) is 32.5 Å². The highest BCUT2D eigenvalue weighted by atomic mass is 127. The van der Waals surface area contributed by atoms with Crippen molar-refractivity contribution in [3.05, 3.63) is 54.0 Å². The molecule has 2 rings (SSSR count). The molecule has 2 heterocycles. The van der Waals surface area contributed by atoms with E-state index in [1.165, 1.54) is 0 Å². The molecule has 2 aromatic heterocycles. The number of aromatic nitrogens is 2. The van der Waals surface area contributed by atoms with Crippen LogP contribution in [0.15, 0.2) is 47.7 Å². The Kier molecular flexibility index (Phi) is 9.74. The van der Waals surface area contributed by atoms with Crippen molar-refractivity contribution in [1.29, 1.82) is 0 Å². The predicted octanol–water partition coefficient (Wildman–Crippen LogP) is 2.75. The first-order valence-electron chi connectivity index (χ1n) is 7.74. The summed E-state index contributed by atoms with van der Waals surface area (Å²) in [6.45, 7) is 3.95. The Morgan fingerprint density at radius 3 is 2.58 bits per heavy atom. The number of pyridine rings is 2. The van der Waals surface area contributed by atoms with Crippen LogP contribution in [-0.4, -0.2) is 29.6 Å². The molecular weight excluding hydrogens is 417 g/mol. The number of nitrogens with one attached hydrogen (secondary N) is 2. The number of halogens is 1. The van der Waals surface area contributed by atoms with Crippen molar-refractivity contribution in [3.63, 3.8) is 0 Å². The molecule has 2 N–H and O–H groups in total. The van der Waals surface area contributed by atoms with Crippen molar-refractivity contribution in [3.8, 4) is 5.88 Å². The van der Waals surface area contributed by atoms with Crippen molar-refractivity contribution >= 4 is 29.9 Å². The quantitative estimate of drug-likeness (QED) is 0.393. The molecule has 130 valence electrons. The number of guanidine groups is 1. The highest BCUT2D eigenvalue weighted by Crippen LogP contribution is 2.14. The fourth-order valence-corrected chi connectivity index (χ4v) is 1.96. The molecule has 7 heteroatoms. The molecule has 0 atom stereocenters. The number of rotatable bonds is 7. The zero-order valence-electron chi connectivity index (χ0n) is 14.0. The molecule has 24 heavy (non-hydrogen) atoms. The highest BCUT2D eigenvalue weighted by Gasteiger charge is 2.06. The van der Waals surface area contributed by atoms with Crippen molar-refractivity contribution in [2.75, 3.05) is 13.7 Å². The summed E-state index contributed by atoms with van der Waals surface area (Å²) in [4.78, 5) is 12.8. The first-order chi connectivity index (χ1) is 11.3. The summed E-state index contributed by atoms with van der Waals surface area (Å²) in [5, 5.41) is 6.50. The number of hydrogen-bond donors (Lipinski definition) is 2. The maximum atomic E-state index is 5.66.